The van der Waals surface area contributed by atoms with Crippen LogP contribution in [0.5, 0.6) is 0 Å². The Morgan fingerprint density at radius 1 is 0.348 bits per heavy atom. The van der Waals surface area contributed by atoms with E-state index in [9.17, 15) is 133 Å². The van der Waals surface area contributed by atoms with Gasteiger partial charge in [-0.25, -0.2) is 0 Å². The third-order valence-corrected chi connectivity index (χ3v) is 30.8. The number of hydrogen-bond donors (Lipinski definition) is 13. The average molecular weight is 2110 g/mol. The first-order chi connectivity index (χ1) is 66.4. The minimum atomic E-state index is -5.08. The van der Waals surface area contributed by atoms with Gasteiger partial charge in [0, 0.05) is 128 Å². The Balaban J connectivity index is 0.000000392. The topological polar surface area (TPSA) is 687 Å². The maximum absolute atomic E-state index is 13.5. The van der Waals surface area contributed by atoms with E-state index in [1.807, 2.05) is 6.92 Å². The standard InChI is InChI=1S/C51H92N2O23P2.C39H72N2O20P2/c1-33(2)75-77(65,66)71-32-37-26-41(28-53(37)45(60)22-12-8-6-10-18-39(57)20-14-16-24-70-51-35(4)47(62)49(64)43(30-55)74-51)76-78(67,68)72-31-36-25-40(58)27-52(36)44(59)21-11-7-5-9-17-38(56)19-13-15-23-69-50-34(3)46(61)48(63)42(29-54)73-50;1-23-15-26(40(17-23)31(44)11-7-9-13-54-37-24(2)33(46)35(48)29(19-42)58-37)21-56-62(50,51)60-28-16-27(22-57-63(52,53)61-39(4,5)6)41(18-28)32(45)12-8-10-14-55-38-25(3)34(47)36(49)30(20-43)59-38/h33-37,40-43,46-51,54-55,58,61-64H,5-32H2,1-4H3,(H,65,66)(H,67,68);23-30,33-38,42-43,46-49H,7-22H2,1-6H3,(H,50,51)(H,52,53)/p-4/t34?,35?,36-,37-,40+,41+,42?,43?,46?,47?,48?,49?,50?,51?;23-,24?,25?,26+,27+,28-,29?,30?,33?,34?,35?,36?,37?,38?/m01/s1. The second-order valence-corrected chi connectivity index (χ2v) is 45.2. The van der Waals surface area contributed by atoms with Crippen molar-refractivity contribution in [2.75, 3.05) is 105 Å². The minimum absolute atomic E-state index is 0.00924. The average Bonchev–Trinajstić information content (AvgIpc) is 1.60. The van der Waals surface area contributed by atoms with Crippen LogP contribution in [-0.2, 0) is 121 Å². The third-order valence-electron chi connectivity index (χ3n) is 26.4. The van der Waals surface area contributed by atoms with Gasteiger partial charge in [0.05, 0.1) is 131 Å². The van der Waals surface area contributed by atoms with Gasteiger partial charge < -0.3 is 180 Å². The van der Waals surface area contributed by atoms with Crippen molar-refractivity contribution in [2.45, 2.75) is 402 Å². The Bertz CT molecular complexity index is 3920. The van der Waals surface area contributed by atoms with Gasteiger partial charge in [-0.15, -0.1) is 0 Å². The van der Waals surface area contributed by atoms with E-state index in [1.165, 1.54) is 49.3 Å². The summed E-state index contributed by atoms with van der Waals surface area (Å²) in [5, 5.41) is 129. The fourth-order valence-corrected chi connectivity index (χ4v) is 22.2. The molecular weight excluding hydrogens is 1950 g/mol. The van der Waals surface area contributed by atoms with Crippen molar-refractivity contribution >= 4 is 66.5 Å². The fourth-order valence-electron chi connectivity index (χ4n) is 18.4. The second kappa shape index (κ2) is 60.8. The molecule has 0 aromatic carbocycles. The maximum Gasteiger partial charge on any atom is 0.268 e. The van der Waals surface area contributed by atoms with E-state index in [0.29, 0.717) is 141 Å². The first kappa shape index (κ1) is 125. The maximum atomic E-state index is 13.5. The molecule has 13 N–H and O–H groups in total. The van der Waals surface area contributed by atoms with Crippen LogP contribution >= 0.6 is 31.3 Å². The number of unbranched alkanes of at least 4 members (excludes halogenated alkanes) is 10. The van der Waals surface area contributed by atoms with Gasteiger partial charge in [-0.3, -0.25) is 47.0 Å². The number of aliphatic hydroxyl groups is 13. The lowest BCUT2D eigenvalue weighted by atomic mass is 9.92. The number of hydrogen-bond acceptors (Lipinski definition) is 43. The Labute approximate surface area is 826 Å². The number of rotatable bonds is 61. The highest BCUT2D eigenvalue weighted by atomic mass is 31.2. The van der Waals surface area contributed by atoms with Crippen molar-refractivity contribution < 1.29 is 207 Å². The Kier molecular flexibility index (Phi) is 53.7. The van der Waals surface area contributed by atoms with E-state index in [1.54, 1.807) is 32.6 Å². The van der Waals surface area contributed by atoms with Gasteiger partial charge in [-0.05, 0) is 143 Å². The molecule has 0 bridgehead atoms. The zero-order valence-electron chi connectivity index (χ0n) is 83.0. The molecule has 32 atom stereocenters. The molecule has 8 rings (SSSR count). The quantitative estimate of drug-likeness (QED) is 0.0300. The van der Waals surface area contributed by atoms with Gasteiger partial charge in [0.1, 0.15) is 60.4 Å². The molecule has 8 aliphatic rings. The van der Waals surface area contributed by atoms with Crippen LogP contribution in [0.2, 0.25) is 0 Å². The van der Waals surface area contributed by atoms with Gasteiger partial charge in [0.2, 0.25) is 23.6 Å². The molecular formula is C90H160N4O43P4-4. The molecule has 822 valence electrons. The van der Waals surface area contributed by atoms with Crippen LogP contribution in [0.1, 0.15) is 249 Å². The Morgan fingerprint density at radius 2 is 0.610 bits per heavy atom. The molecule has 0 spiro atoms. The number of phosphoric ester groups is 4. The first-order valence-corrected chi connectivity index (χ1v) is 55.7. The number of ether oxygens (including phenoxy) is 8. The van der Waals surface area contributed by atoms with Crippen molar-refractivity contribution in [1.29, 1.82) is 0 Å². The number of likely N-dealkylation sites (tertiary alicyclic amines) is 4. The predicted octanol–water partition coefficient (Wildman–Crippen LogP) is 1.19. The Morgan fingerprint density at radius 3 is 0.915 bits per heavy atom. The van der Waals surface area contributed by atoms with Crippen LogP contribution in [-0.4, -0.2) is 379 Å². The van der Waals surface area contributed by atoms with Crippen LogP contribution in [0.25, 0.3) is 0 Å². The molecule has 141 heavy (non-hydrogen) atoms. The molecule has 0 aromatic rings. The first-order valence-electron chi connectivity index (χ1n) is 49.8. The minimum Gasteiger partial charge on any atom is -0.756 e. The predicted molar refractivity (Wildman–Crippen MR) is 489 cm³/mol. The SMILES string of the molecule is CC(C)OP(=O)([O-])OC[C@@H]1C[C@@H](OP(=O)([O-])OC[C@@H]2C[C@@H](O)CN2C(=O)CCCCCCC(=O)CCCCOC2OC(CO)C(O)C(O)C2C)CN1C(=O)CCCCCCC(=O)CCCCOC1OC(CO)C(O)C(O)C1C.CC1C(OCCCCC(=O)N2C[C@H](C)C[C@H]2COP(=O)([O-])O[C@@H]2C[C@@H](COP(=O)([O-])OC(C)(C)C)N(C(=O)CCCCOC3OC(CO)C(O)C(O)C3C)C2)OC(CO)C(O)C1O. The summed E-state index contributed by atoms with van der Waals surface area (Å²) >= 11 is 0. The summed E-state index contributed by atoms with van der Waals surface area (Å²) in [4.78, 5) is 136. The molecule has 47 nitrogen and oxygen atoms in total. The lowest BCUT2D eigenvalue weighted by Gasteiger charge is -2.40. The van der Waals surface area contributed by atoms with Gasteiger partial charge in [0.25, 0.3) is 31.3 Å². The zero-order valence-corrected chi connectivity index (χ0v) is 86.6. The van der Waals surface area contributed by atoms with Crippen molar-refractivity contribution in [2.24, 2.45) is 29.6 Å². The van der Waals surface area contributed by atoms with Crippen LogP contribution in [0, 0.1) is 29.6 Å². The van der Waals surface area contributed by atoms with Crippen molar-refractivity contribution in [3.63, 3.8) is 0 Å². The normalized spacial score (nSPS) is 33.3. The Hall–Kier alpha value is -3.18. The van der Waals surface area contributed by atoms with Gasteiger partial charge in [-0.2, -0.15) is 0 Å². The van der Waals surface area contributed by atoms with Crippen LogP contribution in [0.15, 0.2) is 0 Å². The highest BCUT2D eigenvalue weighted by Gasteiger charge is 2.49. The molecule has 8 saturated heterocycles. The number of phosphoric acid groups is 4. The molecule has 51 heteroatoms. The molecule has 0 aliphatic carbocycles. The lowest BCUT2D eigenvalue weighted by Crippen LogP contribution is -2.55. The number of amides is 4. The highest BCUT2D eigenvalue weighted by molar-refractivity contribution is 7.46. The van der Waals surface area contributed by atoms with E-state index < -0.39 is 260 Å². The van der Waals surface area contributed by atoms with Crippen LogP contribution in [0.3, 0.4) is 0 Å². The monoisotopic (exact) mass is 2110 g/mol. The molecule has 8 heterocycles. The van der Waals surface area contributed by atoms with E-state index in [4.69, 9.17) is 74.1 Å². The number of β-amino-alcohol motifs (C(OH)–C–C–N with tert-alkyl or cyclic N) is 1. The second-order valence-electron chi connectivity index (χ2n) is 39.8. The molecule has 24 unspecified atom stereocenters. The summed E-state index contributed by atoms with van der Waals surface area (Å²) in [7, 11) is -19.7. The summed E-state index contributed by atoms with van der Waals surface area (Å²) in [6.07, 6.45) is -9.67. The number of Topliss-reactive ketones (excluding diaryl/α,β-unsaturated/α-hetero) is 2. The summed E-state index contributed by atoms with van der Waals surface area (Å²) in [6.45, 7) is 13.1. The van der Waals surface area contributed by atoms with Gasteiger partial charge in [0.15, 0.2) is 25.2 Å². The number of nitrogens with zero attached hydrogens (tertiary/aromatic N) is 4. The molecule has 0 radical (unpaired) electrons. The van der Waals surface area contributed by atoms with Crippen molar-refractivity contribution in [3.05, 3.63) is 0 Å². The number of carbonyl (C=O) groups excluding carboxylic acids is 6. The van der Waals surface area contributed by atoms with Crippen molar-refractivity contribution in [1.82, 2.24) is 19.6 Å². The number of ketones is 2. The van der Waals surface area contributed by atoms with Crippen LogP contribution < -0.4 is 19.6 Å². The lowest BCUT2D eigenvalue weighted by molar-refractivity contribution is -0.282. The molecule has 0 aromatic heterocycles. The molecule has 8 fully saturated rings. The molecule has 8 aliphatic heterocycles. The van der Waals surface area contributed by atoms with Crippen molar-refractivity contribution in [3.8, 4) is 0 Å². The summed E-state index contributed by atoms with van der Waals surface area (Å²) in [5.74, 6) is -3.20. The molecule has 4 amide bonds. The van der Waals surface area contributed by atoms with E-state index >= 15 is 0 Å². The number of carbonyl (C=O) groups is 6. The van der Waals surface area contributed by atoms with Gasteiger partial charge in [-0.1, -0.05) is 60.3 Å². The number of aliphatic hydroxyl groups excluding tert-OH is 13. The summed E-state index contributed by atoms with van der Waals surface area (Å²) < 4.78 is 138. The van der Waals surface area contributed by atoms with E-state index in [2.05, 4.69) is 0 Å². The van der Waals surface area contributed by atoms with E-state index in [-0.39, 0.29) is 133 Å². The smallest absolute Gasteiger partial charge is 0.268 e. The van der Waals surface area contributed by atoms with E-state index in [0.717, 1.165) is 0 Å². The largest absolute Gasteiger partial charge is 0.756 e. The highest BCUT2D eigenvalue weighted by Crippen LogP contribution is 2.49. The van der Waals surface area contributed by atoms with Gasteiger partial charge >= 0.3 is 0 Å². The summed E-state index contributed by atoms with van der Waals surface area (Å²) in [6, 6.07) is -3.12. The fraction of sp³-hybridized carbons (Fsp3) is 0.933. The molecule has 0 saturated carbocycles. The zero-order chi connectivity index (χ0) is 104. The van der Waals surface area contributed by atoms with Crippen LogP contribution in [0.4, 0.5) is 0 Å². The summed E-state index contributed by atoms with van der Waals surface area (Å²) in [5.41, 5.74) is -1.10. The third kappa shape index (κ3) is 41.8.